The summed E-state index contributed by atoms with van der Waals surface area (Å²) in [7, 11) is 0. The maximum Gasteiger partial charge on any atom is 0.384 e. The first-order valence-electron chi connectivity index (χ1n) is 4.91. The highest BCUT2D eigenvalue weighted by Crippen LogP contribution is 2.18. The molecule has 0 radical (unpaired) electrons. The third-order valence-electron chi connectivity index (χ3n) is 2.36. The minimum absolute atomic E-state index is 0.213. The zero-order valence-electron chi connectivity index (χ0n) is 8.64. The highest BCUT2D eigenvalue weighted by molar-refractivity contribution is 5.88. The number of benzene rings is 2. The van der Waals surface area contributed by atoms with Crippen molar-refractivity contribution in [3.05, 3.63) is 48.0 Å². The first kappa shape index (κ1) is 10.3. The smallest absolute Gasteiger partial charge is 0.384 e. The Hall–Kier alpha value is -2.27. The van der Waals surface area contributed by atoms with E-state index in [1.54, 1.807) is 0 Å². The van der Waals surface area contributed by atoms with E-state index >= 15 is 0 Å². The number of rotatable bonds is 2. The number of carbonyl (C=O) groups excluding carboxylic acids is 1. The SMILES string of the molecule is C#CC(=O)OCc1cccc2ccccc12. The minimum atomic E-state index is -0.632. The number of ether oxygens (including phenoxy) is 1. The van der Waals surface area contributed by atoms with Crippen LogP contribution < -0.4 is 0 Å². The van der Waals surface area contributed by atoms with Crippen molar-refractivity contribution in [2.75, 3.05) is 0 Å². The first-order chi connectivity index (χ1) is 7.81. The largest absolute Gasteiger partial charge is 0.451 e. The van der Waals surface area contributed by atoms with Crippen LogP contribution >= 0.6 is 0 Å². The molecule has 0 fully saturated rings. The molecule has 16 heavy (non-hydrogen) atoms. The van der Waals surface area contributed by atoms with Crippen molar-refractivity contribution in [1.82, 2.24) is 0 Å². The Balaban J connectivity index is 2.31. The molecule has 0 aliphatic rings. The van der Waals surface area contributed by atoms with Gasteiger partial charge in [0.2, 0.25) is 0 Å². The van der Waals surface area contributed by atoms with Gasteiger partial charge in [0.1, 0.15) is 6.61 Å². The average Bonchev–Trinajstić information content (AvgIpc) is 2.35. The molecule has 0 saturated heterocycles. The Labute approximate surface area is 93.8 Å². The lowest BCUT2D eigenvalue weighted by Gasteiger charge is -2.05. The van der Waals surface area contributed by atoms with Crippen LogP contribution in [0.3, 0.4) is 0 Å². The molecule has 0 unspecified atom stereocenters. The highest BCUT2D eigenvalue weighted by Gasteiger charge is 2.02. The fourth-order valence-corrected chi connectivity index (χ4v) is 1.60. The normalized spacial score (nSPS) is 9.69. The van der Waals surface area contributed by atoms with Gasteiger partial charge in [-0.15, -0.1) is 6.42 Å². The molecule has 0 bridgehead atoms. The molecule has 0 aliphatic heterocycles. The molecule has 2 aromatic rings. The summed E-state index contributed by atoms with van der Waals surface area (Å²) >= 11 is 0. The second-order valence-electron chi connectivity index (χ2n) is 3.36. The lowest BCUT2D eigenvalue weighted by molar-refractivity contribution is -0.137. The number of hydrogen-bond acceptors (Lipinski definition) is 2. The van der Waals surface area contributed by atoms with Crippen molar-refractivity contribution >= 4 is 16.7 Å². The second kappa shape index (κ2) is 4.50. The summed E-state index contributed by atoms with van der Waals surface area (Å²) in [5.74, 6) is 1.29. The lowest BCUT2D eigenvalue weighted by atomic mass is 10.1. The van der Waals surface area contributed by atoms with Gasteiger partial charge in [-0.1, -0.05) is 42.5 Å². The van der Waals surface area contributed by atoms with Crippen molar-refractivity contribution in [3.8, 4) is 12.3 Å². The van der Waals surface area contributed by atoms with Crippen LogP contribution in [-0.4, -0.2) is 5.97 Å². The molecule has 2 rings (SSSR count). The van der Waals surface area contributed by atoms with Crippen molar-refractivity contribution in [2.45, 2.75) is 6.61 Å². The van der Waals surface area contributed by atoms with Crippen LogP contribution in [0.2, 0.25) is 0 Å². The quantitative estimate of drug-likeness (QED) is 0.432. The Morgan fingerprint density at radius 1 is 1.19 bits per heavy atom. The number of hydrogen-bond donors (Lipinski definition) is 0. The van der Waals surface area contributed by atoms with Crippen molar-refractivity contribution in [3.63, 3.8) is 0 Å². The summed E-state index contributed by atoms with van der Waals surface area (Å²) in [4.78, 5) is 10.9. The summed E-state index contributed by atoms with van der Waals surface area (Å²) in [6.45, 7) is 0.213. The standard InChI is InChI=1S/C14H10O2/c1-2-14(15)16-10-12-8-5-7-11-6-3-4-9-13(11)12/h1,3-9H,10H2. The van der Waals surface area contributed by atoms with E-state index in [1.807, 2.05) is 48.4 Å². The van der Waals surface area contributed by atoms with E-state index in [0.717, 1.165) is 16.3 Å². The van der Waals surface area contributed by atoms with Crippen LogP contribution in [0.25, 0.3) is 10.8 Å². The van der Waals surface area contributed by atoms with E-state index in [-0.39, 0.29) is 6.61 Å². The molecule has 0 heterocycles. The Morgan fingerprint density at radius 2 is 1.94 bits per heavy atom. The summed E-state index contributed by atoms with van der Waals surface area (Å²) < 4.78 is 4.91. The Morgan fingerprint density at radius 3 is 2.75 bits per heavy atom. The maximum atomic E-state index is 10.9. The molecular weight excluding hydrogens is 200 g/mol. The Bertz CT molecular complexity index is 559. The number of carbonyl (C=O) groups is 1. The molecule has 0 spiro atoms. The third kappa shape index (κ3) is 2.04. The molecular formula is C14H10O2. The Kier molecular flexibility index (Phi) is 2.88. The number of fused-ring (bicyclic) bond motifs is 1. The minimum Gasteiger partial charge on any atom is -0.451 e. The zero-order chi connectivity index (χ0) is 11.4. The first-order valence-corrected chi connectivity index (χ1v) is 4.91. The summed E-state index contributed by atoms with van der Waals surface area (Å²) in [5.41, 5.74) is 0.960. The van der Waals surface area contributed by atoms with Gasteiger partial charge in [-0.05, 0) is 16.3 Å². The van der Waals surface area contributed by atoms with Crippen molar-refractivity contribution in [1.29, 1.82) is 0 Å². The predicted octanol–water partition coefficient (Wildman–Crippen LogP) is 2.52. The topological polar surface area (TPSA) is 26.3 Å². The fraction of sp³-hybridized carbons (Fsp3) is 0.0714. The molecule has 0 saturated carbocycles. The van der Waals surface area contributed by atoms with Gasteiger partial charge < -0.3 is 4.74 Å². The van der Waals surface area contributed by atoms with Gasteiger partial charge in [0.15, 0.2) is 0 Å². The summed E-state index contributed by atoms with van der Waals surface area (Å²) in [6.07, 6.45) is 4.92. The average molecular weight is 210 g/mol. The molecule has 0 aromatic heterocycles. The summed E-state index contributed by atoms with van der Waals surface area (Å²) in [5, 5.41) is 2.20. The molecule has 0 N–H and O–H groups in total. The van der Waals surface area contributed by atoms with Gasteiger partial charge in [-0.25, -0.2) is 4.79 Å². The van der Waals surface area contributed by atoms with Crippen LogP contribution in [0, 0.1) is 12.3 Å². The molecule has 0 amide bonds. The van der Waals surface area contributed by atoms with Gasteiger partial charge in [0.25, 0.3) is 0 Å². The van der Waals surface area contributed by atoms with Crippen LogP contribution in [0.15, 0.2) is 42.5 Å². The fourth-order valence-electron chi connectivity index (χ4n) is 1.60. The molecule has 2 aromatic carbocycles. The summed E-state index contributed by atoms with van der Waals surface area (Å²) in [6, 6.07) is 13.8. The molecule has 78 valence electrons. The van der Waals surface area contributed by atoms with Gasteiger partial charge >= 0.3 is 5.97 Å². The van der Waals surface area contributed by atoms with E-state index in [0.29, 0.717) is 0 Å². The van der Waals surface area contributed by atoms with Gasteiger partial charge in [0, 0.05) is 5.92 Å². The highest BCUT2D eigenvalue weighted by atomic mass is 16.5. The van der Waals surface area contributed by atoms with E-state index < -0.39 is 5.97 Å². The third-order valence-corrected chi connectivity index (χ3v) is 2.36. The van der Waals surface area contributed by atoms with Crippen LogP contribution in [0.5, 0.6) is 0 Å². The predicted molar refractivity (Wildman–Crippen MR) is 62.6 cm³/mol. The van der Waals surface area contributed by atoms with Crippen LogP contribution in [0.1, 0.15) is 5.56 Å². The molecule has 2 nitrogen and oxygen atoms in total. The number of esters is 1. The van der Waals surface area contributed by atoms with E-state index in [9.17, 15) is 4.79 Å². The molecule has 2 heteroatoms. The zero-order valence-corrected chi connectivity index (χ0v) is 8.64. The van der Waals surface area contributed by atoms with Gasteiger partial charge in [-0.2, -0.15) is 0 Å². The maximum absolute atomic E-state index is 10.9. The van der Waals surface area contributed by atoms with E-state index in [4.69, 9.17) is 11.2 Å². The van der Waals surface area contributed by atoms with Crippen molar-refractivity contribution in [2.24, 2.45) is 0 Å². The van der Waals surface area contributed by atoms with Gasteiger partial charge in [-0.3, -0.25) is 0 Å². The molecule has 0 atom stereocenters. The molecule has 0 aliphatic carbocycles. The monoisotopic (exact) mass is 210 g/mol. The van der Waals surface area contributed by atoms with Crippen molar-refractivity contribution < 1.29 is 9.53 Å². The van der Waals surface area contributed by atoms with E-state index in [1.165, 1.54) is 0 Å². The lowest BCUT2D eigenvalue weighted by Crippen LogP contribution is -2.01. The van der Waals surface area contributed by atoms with E-state index in [2.05, 4.69) is 0 Å². The van der Waals surface area contributed by atoms with Crippen LogP contribution in [-0.2, 0) is 16.1 Å². The second-order valence-corrected chi connectivity index (χ2v) is 3.36. The van der Waals surface area contributed by atoms with Gasteiger partial charge in [0.05, 0.1) is 0 Å². The number of terminal acetylenes is 1. The van der Waals surface area contributed by atoms with Crippen LogP contribution in [0.4, 0.5) is 0 Å².